The van der Waals surface area contributed by atoms with Gasteiger partial charge in [0.15, 0.2) is 5.65 Å². The smallest absolute Gasteiger partial charge is 0.243 e. The van der Waals surface area contributed by atoms with Crippen molar-refractivity contribution in [1.82, 2.24) is 14.6 Å². The Labute approximate surface area is 108 Å². The lowest BCUT2D eigenvalue weighted by Crippen LogP contribution is -2.25. The second-order valence-electron chi connectivity index (χ2n) is 4.95. The van der Waals surface area contributed by atoms with E-state index in [9.17, 15) is 0 Å². The van der Waals surface area contributed by atoms with Gasteiger partial charge in [0, 0.05) is 12.2 Å². The number of hydrogen-bond acceptors (Lipinski definition) is 3. The van der Waals surface area contributed by atoms with Gasteiger partial charge in [-0.25, -0.2) is 4.52 Å². The predicted molar refractivity (Wildman–Crippen MR) is 74.9 cm³/mol. The average Bonchev–Trinajstić information content (AvgIpc) is 2.71. The van der Waals surface area contributed by atoms with E-state index in [0.29, 0.717) is 12.0 Å². The minimum absolute atomic E-state index is 0.401. The third-order valence-electron chi connectivity index (χ3n) is 3.61. The van der Waals surface area contributed by atoms with Crippen molar-refractivity contribution < 1.29 is 0 Å². The van der Waals surface area contributed by atoms with Crippen LogP contribution >= 0.6 is 0 Å². The molecule has 1 atom stereocenters. The molecule has 0 aliphatic rings. The van der Waals surface area contributed by atoms with Gasteiger partial charge >= 0.3 is 0 Å². The van der Waals surface area contributed by atoms with Crippen molar-refractivity contribution in [2.45, 2.75) is 46.6 Å². The maximum absolute atomic E-state index is 4.51. The highest BCUT2D eigenvalue weighted by Gasteiger charge is 2.15. The Morgan fingerprint density at radius 2 is 2.06 bits per heavy atom. The number of hydrogen-bond donors (Lipinski definition) is 1. The van der Waals surface area contributed by atoms with Crippen molar-refractivity contribution in [1.29, 1.82) is 0 Å². The molecule has 0 fully saturated rings. The Morgan fingerprint density at radius 1 is 1.33 bits per heavy atom. The summed E-state index contributed by atoms with van der Waals surface area (Å²) < 4.78 is 1.81. The molecular weight excluding hydrogens is 224 g/mol. The van der Waals surface area contributed by atoms with Gasteiger partial charge in [0.25, 0.3) is 0 Å². The van der Waals surface area contributed by atoms with Crippen LogP contribution in [0.3, 0.4) is 0 Å². The van der Waals surface area contributed by atoms with Crippen LogP contribution in [-0.2, 0) is 0 Å². The van der Waals surface area contributed by atoms with Crippen molar-refractivity contribution >= 4 is 11.6 Å². The Bertz CT molecular complexity index is 513. The van der Waals surface area contributed by atoms with E-state index in [4.69, 9.17) is 0 Å². The van der Waals surface area contributed by atoms with E-state index in [1.54, 1.807) is 0 Å². The van der Waals surface area contributed by atoms with Crippen molar-refractivity contribution in [2.75, 3.05) is 5.32 Å². The summed E-state index contributed by atoms with van der Waals surface area (Å²) in [6.07, 6.45) is 4.30. The Morgan fingerprint density at radius 3 is 2.72 bits per heavy atom. The van der Waals surface area contributed by atoms with Gasteiger partial charge in [-0.2, -0.15) is 4.98 Å². The SMILES string of the molecule is CCC(CC)C(C)Nc1nc2cc(C)ccn2n1. The van der Waals surface area contributed by atoms with Crippen LogP contribution in [0.2, 0.25) is 0 Å². The summed E-state index contributed by atoms with van der Waals surface area (Å²) in [4.78, 5) is 4.51. The molecule has 2 aromatic rings. The lowest BCUT2D eigenvalue weighted by molar-refractivity contribution is 0.436. The first-order valence-electron chi connectivity index (χ1n) is 6.73. The number of nitrogens with zero attached hydrogens (tertiary/aromatic N) is 3. The fourth-order valence-electron chi connectivity index (χ4n) is 2.36. The molecule has 0 spiro atoms. The first-order chi connectivity index (χ1) is 8.63. The maximum atomic E-state index is 4.51. The maximum Gasteiger partial charge on any atom is 0.243 e. The number of aromatic nitrogens is 3. The number of pyridine rings is 1. The van der Waals surface area contributed by atoms with Gasteiger partial charge in [0.05, 0.1) is 0 Å². The van der Waals surface area contributed by atoms with Crippen LogP contribution < -0.4 is 5.32 Å². The molecule has 4 heteroatoms. The van der Waals surface area contributed by atoms with Gasteiger partial charge in [-0.1, -0.05) is 26.7 Å². The molecule has 0 aromatic carbocycles. The largest absolute Gasteiger partial charge is 0.350 e. The van der Waals surface area contributed by atoms with Crippen molar-refractivity contribution in [3.63, 3.8) is 0 Å². The number of fused-ring (bicyclic) bond motifs is 1. The van der Waals surface area contributed by atoms with E-state index < -0.39 is 0 Å². The number of anilines is 1. The van der Waals surface area contributed by atoms with E-state index in [-0.39, 0.29) is 0 Å². The molecule has 0 aliphatic heterocycles. The molecule has 0 saturated carbocycles. The van der Waals surface area contributed by atoms with Crippen LogP contribution in [0.1, 0.15) is 39.2 Å². The zero-order chi connectivity index (χ0) is 13.1. The third-order valence-corrected chi connectivity index (χ3v) is 3.61. The Kier molecular flexibility index (Phi) is 3.84. The van der Waals surface area contributed by atoms with E-state index in [1.165, 1.54) is 18.4 Å². The summed E-state index contributed by atoms with van der Waals surface area (Å²) in [6.45, 7) is 8.73. The third kappa shape index (κ3) is 2.63. The normalized spacial score (nSPS) is 13.2. The number of rotatable bonds is 5. The van der Waals surface area contributed by atoms with E-state index in [1.807, 2.05) is 22.8 Å². The highest BCUT2D eigenvalue weighted by atomic mass is 15.3. The molecule has 1 unspecified atom stereocenters. The fourth-order valence-corrected chi connectivity index (χ4v) is 2.36. The van der Waals surface area contributed by atoms with Crippen molar-refractivity contribution in [2.24, 2.45) is 5.92 Å². The minimum atomic E-state index is 0.401. The molecule has 2 aromatic heterocycles. The summed E-state index contributed by atoms with van der Waals surface area (Å²) >= 11 is 0. The van der Waals surface area contributed by atoms with Crippen molar-refractivity contribution in [3.05, 3.63) is 23.9 Å². The molecule has 0 aliphatic carbocycles. The van der Waals surface area contributed by atoms with Crippen LogP contribution in [0.15, 0.2) is 18.3 Å². The second kappa shape index (κ2) is 5.38. The van der Waals surface area contributed by atoms with Crippen LogP contribution in [0, 0.1) is 12.8 Å². The lowest BCUT2D eigenvalue weighted by atomic mass is 9.96. The highest BCUT2D eigenvalue weighted by Crippen LogP contribution is 2.16. The predicted octanol–water partition coefficient (Wildman–Crippen LogP) is 3.27. The molecule has 2 rings (SSSR count). The highest BCUT2D eigenvalue weighted by molar-refractivity contribution is 5.45. The number of nitrogens with one attached hydrogen (secondary N) is 1. The second-order valence-corrected chi connectivity index (χ2v) is 4.95. The van der Waals surface area contributed by atoms with Crippen LogP contribution in [0.25, 0.3) is 5.65 Å². The molecule has 98 valence electrons. The van der Waals surface area contributed by atoms with Crippen LogP contribution in [0.4, 0.5) is 5.95 Å². The Balaban J connectivity index is 2.16. The van der Waals surface area contributed by atoms with E-state index >= 15 is 0 Å². The van der Waals surface area contributed by atoms with Crippen molar-refractivity contribution in [3.8, 4) is 0 Å². The molecule has 0 amide bonds. The summed E-state index contributed by atoms with van der Waals surface area (Å²) in [6, 6.07) is 4.48. The first kappa shape index (κ1) is 12.9. The average molecular weight is 246 g/mol. The van der Waals surface area contributed by atoms with Crippen LogP contribution in [0.5, 0.6) is 0 Å². The van der Waals surface area contributed by atoms with Gasteiger partial charge in [-0.05, 0) is 37.5 Å². The molecule has 4 nitrogen and oxygen atoms in total. The summed E-state index contributed by atoms with van der Waals surface area (Å²) in [5.74, 6) is 1.39. The molecule has 0 radical (unpaired) electrons. The fraction of sp³-hybridized carbons (Fsp3) is 0.571. The number of aryl methyl sites for hydroxylation is 1. The molecule has 1 N–H and O–H groups in total. The molecule has 2 heterocycles. The van der Waals surface area contributed by atoms with Gasteiger partial charge in [-0.15, -0.1) is 5.10 Å². The Hall–Kier alpha value is -1.58. The zero-order valence-corrected chi connectivity index (χ0v) is 11.6. The topological polar surface area (TPSA) is 42.2 Å². The monoisotopic (exact) mass is 246 g/mol. The van der Waals surface area contributed by atoms with Gasteiger partial charge < -0.3 is 5.32 Å². The molecular formula is C14H22N4. The zero-order valence-electron chi connectivity index (χ0n) is 11.6. The molecule has 18 heavy (non-hydrogen) atoms. The van der Waals surface area contributed by atoms with Gasteiger partial charge in [-0.3, -0.25) is 0 Å². The van der Waals surface area contributed by atoms with E-state index in [2.05, 4.69) is 43.1 Å². The molecule has 0 saturated heterocycles. The summed E-state index contributed by atoms with van der Waals surface area (Å²) in [7, 11) is 0. The summed E-state index contributed by atoms with van der Waals surface area (Å²) in [5, 5.41) is 7.85. The van der Waals surface area contributed by atoms with E-state index in [0.717, 1.165) is 11.6 Å². The van der Waals surface area contributed by atoms with Gasteiger partial charge in [0.2, 0.25) is 5.95 Å². The quantitative estimate of drug-likeness (QED) is 0.880. The first-order valence-corrected chi connectivity index (χ1v) is 6.73. The van der Waals surface area contributed by atoms with Crippen LogP contribution in [-0.4, -0.2) is 20.6 Å². The standard InChI is InChI=1S/C14H22N4/c1-5-12(6-2)11(4)15-14-16-13-9-10(3)7-8-18(13)17-14/h7-9,11-12H,5-6H2,1-4H3,(H,15,17). The lowest BCUT2D eigenvalue weighted by Gasteiger charge is -2.21. The summed E-state index contributed by atoms with van der Waals surface area (Å²) in [5.41, 5.74) is 2.10. The van der Waals surface area contributed by atoms with Gasteiger partial charge in [0.1, 0.15) is 0 Å². The minimum Gasteiger partial charge on any atom is -0.350 e. The molecule has 0 bridgehead atoms.